The van der Waals surface area contributed by atoms with Gasteiger partial charge in [0.15, 0.2) is 23.0 Å². The van der Waals surface area contributed by atoms with Crippen molar-refractivity contribution in [2.24, 2.45) is 0 Å². The van der Waals surface area contributed by atoms with Gasteiger partial charge in [-0.25, -0.2) is 0 Å². The molecule has 0 aliphatic rings. The summed E-state index contributed by atoms with van der Waals surface area (Å²) in [6, 6.07) is 11.3. The highest BCUT2D eigenvalue weighted by Crippen LogP contribution is 2.38. The topological polar surface area (TPSA) is 66.8 Å². The second kappa shape index (κ2) is 4.83. The minimum atomic E-state index is -0.355. The van der Waals surface area contributed by atoms with E-state index in [9.17, 15) is 15.0 Å². The molecule has 2 aromatic carbocycles. The van der Waals surface area contributed by atoms with Gasteiger partial charge >= 0.3 is 8.05 Å². The predicted molar refractivity (Wildman–Crippen MR) is 68.8 cm³/mol. The van der Waals surface area contributed by atoms with Gasteiger partial charge in [0.2, 0.25) is 0 Å². The molecule has 0 aliphatic heterocycles. The van der Waals surface area contributed by atoms with Gasteiger partial charge in [0.25, 0.3) is 0 Å². The first kappa shape index (κ1) is 12.0. The second-order valence-corrected chi connectivity index (χ2v) is 3.71. The summed E-state index contributed by atoms with van der Waals surface area (Å²) in [6.45, 7) is 0. The van der Waals surface area contributed by atoms with Crippen LogP contribution < -0.4 is 4.65 Å². The van der Waals surface area contributed by atoms with E-state index in [4.69, 9.17) is 4.65 Å². The third-order valence-corrected chi connectivity index (χ3v) is 2.60. The smallest absolute Gasteiger partial charge is 0.322 e. The lowest BCUT2D eigenvalue weighted by atomic mass is 10.0. The van der Waals surface area contributed by atoms with Crippen LogP contribution in [0.2, 0.25) is 0 Å². The summed E-state index contributed by atoms with van der Waals surface area (Å²) in [4.78, 5) is 12.1. The quantitative estimate of drug-likeness (QED) is 0.628. The number of carbonyl (C=O) groups is 1. The first-order valence-electron chi connectivity index (χ1n) is 5.34. The van der Waals surface area contributed by atoms with Crippen molar-refractivity contribution in [1.29, 1.82) is 0 Å². The van der Waals surface area contributed by atoms with Gasteiger partial charge in [0.1, 0.15) is 0 Å². The van der Waals surface area contributed by atoms with Gasteiger partial charge in [-0.05, 0) is 12.1 Å². The number of carbonyl (C=O) groups excluding carboxylic acids is 1. The summed E-state index contributed by atoms with van der Waals surface area (Å²) in [5.41, 5.74) is 0.552. The average molecular weight is 242 g/mol. The van der Waals surface area contributed by atoms with Gasteiger partial charge in [-0.1, -0.05) is 30.3 Å². The molecule has 0 amide bonds. The Morgan fingerprint density at radius 3 is 2.33 bits per heavy atom. The fourth-order valence-electron chi connectivity index (χ4n) is 1.69. The molecule has 0 atom stereocenters. The third kappa shape index (κ3) is 2.02. The Balaban J connectivity index is 2.50. The number of hydrogen-bond donors (Lipinski definition) is 2. The Bertz CT molecular complexity index is 581. The van der Waals surface area contributed by atoms with E-state index in [1.165, 1.54) is 20.2 Å². The van der Waals surface area contributed by atoms with E-state index in [0.29, 0.717) is 5.56 Å². The molecule has 0 fully saturated rings. The molecule has 0 spiro atoms. The van der Waals surface area contributed by atoms with Crippen LogP contribution >= 0.6 is 0 Å². The van der Waals surface area contributed by atoms with Crippen LogP contribution in [0.25, 0.3) is 0 Å². The lowest BCUT2D eigenvalue weighted by Gasteiger charge is -2.10. The molecule has 0 aromatic heterocycles. The molecule has 18 heavy (non-hydrogen) atoms. The maximum absolute atomic E-state index is 12.1. The molecule has 0 heterocycles. The van der Waals surface area contributed by atoms with Crippen molar-refractivity contribution in [3.8, 4) is 17.2 Å². The number of aromatic hydroxyl groups is 2. The van der Waals surface area contributed by atoms with Gasteiger partial charge in [-0.15, -0.1) is 0 Å². The Labute approximate surface area is 105 Å². The standard InChI is InChI=1S/C13H11BO4/c14-18-13-10(15)7-6-9(12(13)17)11(16)8-4-2-1-3-5-8/h1-7,15,17H,14H2. The normalized spacial score (nSPS) is 10.0. The molecule has 0 unspecified atom stereocenters. The number of phenolic OH excluding ortho intramolecular Hbond substituents is 2. The summed E-state index contributed by atoms with van der Waals surface area (Å²) in [5, 5.41) is 19.4. The minimum absolute atomic E-state index is 0.0934. The Kier molecular flexibility index (Phi) is 3.23. The summed E-state index contributed by atoms with van der Waals surface area (Å²) >= 11 is 0. The van der Waals surface area contributed by atoms with Gasteiger partial charge < -0.3 is 14.9 Å². The molecule has 2 aromatic rings. The zero-order chi connectivity index (χ0) is 13.1. The fourth-order valence-corrected chi connectivity index (χ4v) is 1.69. The van der Waals surface area contributed by atoms with Gasteiger partial charge in [0, 0.05) is 5.56 Å². The van der Waals surface area contributed by atoms with E-state index in [1.807, 2.05) is 0 Å². The maximum Gasteiger partial charge on any atom is 0.322 e. The third-order valence-electron chi connectivity index (χ3n) is 2.60. The predicted octanol–water partition coefficient (Wildman–Crippen LogP) is 1.26. The molecular weight excluding hydrogens is 231 g/mol. The first-order valence-corrected chi connectivity index (χ1v) is 5.34. The zero-order valence-electron chi connectivity index (χ0n) is 9.75. The highest BCUT2D eigenvalue weighted by Gasteiger charge is 2.18. The van der Waals surface area contributed by atoms with Crippen molar-refractivity contribution >= 4 is 13.8 Å². The molecular formula is C13H11BO4. The van der Waals surface area contributed by atoms with Crippen molar-refractivity contribution in [3.05, 3.63) is 53.6 Å². The molecule has 2 rings (SSSR count). The van der Waals surface area contributed by atoms with E-state index in [1.54, 1.807) is 30.3 Å². The number of phenols is 2. The zero-order valence-corrected chi connectivity index (χ0v) is 9.75. The van der Waals surface area contributed by atoms with Crippen LogP contribution in [0.4, 0.5) is 0 Å². The molecule has 0 aliphatic carbocycles. The van der Waals surface area contributed by atoms with Crippen molar-refractivity contribution < 1.29 is 19.7 Å². The van der Waals surface area contributed by atoms with Crippen LogP contribution in [0.5, 0.6) is 17.2 Å². The van der Waals surface area contributed by atoms with Crippen LogP contribution in [0.15, 0.2) is 42.5 Å². The van der Waals surface area contributed by atoms with Gasteiger partial charge in [-0.2, -0.15) is 0 Å². The van der Waals surface area contributed by atoms with E-state index >= 15 is 0 Å². The van der Waals surface area contributed by atoms with Crippen molar-refractivity contribution in [2.75, 3.05) is 0 Å². The van der Waals surface area contributed by atoms with Crippen molar-refractivity contribution in [2.45, 2.75) is 0 Å². The lowest BCUT2D eigenvalue weighted by Crippen LogP contribution is -2.02. The van der Waals surface area contributed by atoms with Crippen LogP contribution in [0.1, 0.15) is 15.9 Å². The summed E-state index contributed by atoms with van der Waals surface area (Å²) < 4.78 is 4.85. The summed E-state index contributed by atoms with van der Waals surface area (Å²) in [5.74, 6) is -0.992. The molecule has 90 valence electrons. The largest absolute Gasteiger partial charge is 0.563 e. The molecule has 0 bridgehead atoms. The van der Waals surface area contributed by atoms with E-state index < -0.39 is 0 Å². The highest BCUT2D eigenvalue weighted by molar-refractivity contribution is 6.11. The Morgan fingerprint density at radius 2 is 1.72 bits per heavy atom. The second-order valence-electron chi connectivity index (χ2n) is 3.71. The number of rotatable bonds is 3. The van der Waals surface area contributed by atoms with Gasteiger partial charge in [0.05, 0.1) is 5.56 Å². The minimum Gasteiger partial charge on any atom is -0.563 e. The van der Waals surface area contributed by atoms with Crippen LogP contribution in [-0.4, -0.2) is 24.0 Å². The summed E-state index contributed by atoms with van der Waals surface area (Å²) in [6.07, 6.45) is 0. The van der Waals surface area contributed by atoms with Crippen LogP contribution in [0.3, 0.4) is 0 Å². The van der Waals surface area contributed by atoms with E-state index in [2.05, 4.69) is 0 Å². The summed E-state index contributed by atoms with van der Waals surface area (Å²) in [7, 11) is 1.31. The Hall–Kier alpha value is -2.43. The molecule has 0 radical (unpaired) electrons. The molecule has 0 saturated carbocycles. The van der Waals surface area contributed by atoms with Crippen molar-refractivity contribution in [1.82, 2.24) is 0 Å². The molecule has 4 nitrogen and oxygen atoms in total. The lowest BCUT2D eigenvalue weighted by molar-refractivity contribution is 0.103. The maximum atomic E-state index is 12.1. The van der Waals surface area contributed by atoms with Gasteiger partial charge in [-0.3, -0.25) is 4.79 Å². The number of benzene rings is 2. The van der Waals surface area contributed by atoms with Crippen LogP contribution in [-0.2, 0) is 0 Å². The van der Waals surface area contributed by atoms with Crippen molar-refractivity contribution in [3.63, 3.8) is 0 Å². The first-order chi connectivity index (χ1) is 8.65. The Morgan fingerprint density at radius 1 is 1.06 bits per heavy atom. The van der Waals surface area contributed by atoms with Crippen LogP contribution in [0, 0.1) is 0 Å². The van der Waals surface area contributed by atoms with E-state index in [0.717, 1.165) is 0 Å². The molecule has 5 heteroatoms. The SMILES string of the molecule is BOc1c(O)ccc(C(=O)c2ccccc2)c1O. The molecule has 0 saturated heterocycles. The number of ketones is 1. The molecule has 2 N–H and O–H groups in total. The fraction of sp³-hybridized carbons (Fsp3) is 0. The average Bonchev–Trinajstić information content (AvgIpc) is 2.40. The van der Waals surface area contributed by atoms with E-state index in [-0.39, 0.29) is 28.6 Å². The number of hydrogen-bond acceptors (Lipinski definition) is 4. The highest BCUT2D eigenvalue weighted by atomic mass is 16.4. The monoisotopic (exact) mass is 242 g/mol.